The molecule has 1 amide bonds. The highest BCUT2D eigenvalue weighted by molar-refractivity contribution is 5.93. The summed E-state index contributed by atoms with van der Waals surface area (Å²) in [5, 5.41) is 12.6. The van der Waals surface area contributed by atoms with Gasteiger partial charge in [0.15, 0.2) is 0 Å². The summed E-state index contributed by atoms with van der Waals surface area (Å²) in [6, 6.07) is 0.488. The maximum atomic E-state index is 12.4. The molecule has 1 aromatic heterocycles. The molecule has 0 aromatic carbocycles. The van der Waals surface area contributed by atoms with Crippen LogP contribution in [0.2, 0.25) is 0 Å². The highest BCUT2D eigenvalue weighted by Gasteiger charge is 2.33. The Hall–Kier alpha value is -1.89. The molecule has 2 aliphatic heterocycles. The van der Waals surface area contributed by atoms with E-state index in [-0.39, 0.29) is 12.5 Å². The summed E-state index contributed by atoms with van der Waals surface area (Å²) in [6.45, 7) is 3.36. The zero-order valence-corrected chi connectivity index (χ0v) is 11.2. The van der Waals surface area contributed by atoms with Crippen LogP contribution in [-0.4, -0.2) is 68.8 Å². The van der Waals surface area contributed by atoms with E-state index >= 15 is 0 Å². The third-order valence-electron chi connectivity index (χ3n) is 4.05. The summed E-state index contributed by atoms with van der Waals surface area (Å²) in [5.41, 5.74) is 0.470. The molecule has 1 atom stereocenters. The van der Waals surface area contributed by atoms with Crippen LogP contribution in [0.25, 0.3) is 0 Å². The van der Waals surface area contributed by atoms with Gasteiger partial charge in [-0.3, -0.25) is 19.2 Å². The van der Waals surface area contributed by atoms with E-state index in [0.717, 1.165) is 32.6 Å². The van der Waals surface area contributed by atoms with Gasteiger partial charge in [-0.05, 0) is 19.4 Å². The van der Waals surface area contributed by atoms with Crippen LogP contribution in [0, 0.1) is 0 Å². The van der Waals surface area contributed by atoms with Crippen molar-refractivity contribution < 1.29 is 14.7 Å². The average Bonchev–Trinajstić information content (AvgIpc) is 3.04. The second kappa shape index (κ2) is 5.24. The van der Waals surface area contributed by atoms with Gasteiger partial charge in [0, 0.05) is 31.9 Å². The molecule has 2 fully saturated rings. The Bertz CT molecular complexity index is 527. The molecule has 3 rings (SSSR count). The fraction of sp³-hybridized carbons (Fsp3) is 0.615. The van der Waals surface area contributed by atoms with Gasteiger partial charge in [-0.2, -0.15) is 5.10 Å². The van der Waals surface area contributed by atoms with Crippen LogP contribution in [0.3, 0.4) is 0 Å². The summed E-state index contributed by atoms with van der Waals surface area (Å²) in [5.74, 6) is -1.01. The number of carboxylic acid groups (broad SMARTS) is 1. The molecule has 1 unspecified atom stereocenters. The molecule has 3 heterocycles. The van der Waals surface area contributed by atoms with Crippen molar-refractivity contribution in [2.75, 3.05) is 26.2 Å². The number of rotatable bonds is 3. The smallest absolute Gasteiger partial charge is 0.325 e. The fourth-order valence-electron chi connectivity index (χ4n) is 3.06. The third kappa shape index (κ3) is 2.53. The molecule has 0 spiro atoms. The van der Waals surface area contributed by atoms with Crippen molar-refractivity contribution in [1.29, 1.82) is 0 Å². The number of hydrogen-bond acceptors (Lipinski definition) is 4. The van der Waals surface area contributed by atoms with Gasteiger partial charge in [-0.1, -0.05) is 0 Å². The number of piperazine rings is 1. The Morgan fingerprint density at radius 2 is 2.20 bits per heavy atom. The number of amides is 1. The SMILES string of the molecule is O=C(O)Cn1cc(C(=O)N2CCN3CCCC3C2)cn1. The average molecular weight is 278 g/mol. The first-order valence-electron chi connectivity index (χ1n) is 6.91. The molecule has 2 saturated heterocycles. The number of fused-ring (bicyclic) bond motifs is 1. The number of carbonyl (C=O) groups is 2. The standard InChI is InChI=1S/C13H18N4O3/c18-12(19)9-17-7-10(6-14-17)13(20)16-5-4-15-3-1-2-11(15)8-16/h6-7,11H,1-5,8-9H2,(H,18,19). The number of hydrogen-bond donors (Lipinski definition) is 1. The number of nitrogens with zero attached hydrogens (tertiary/aromatic N) is 4. The molecule has 0 bridgehead atoms. The minimum absolute atomic E-state index is 0.0480. The highest BCUT2D eigenvalue weighted by atomic mass is 16.4. The van der Waals surface area contributed by atoms with Crippen LogP contribution in [0.5, 0.6) is 0 Å². The topological polar surface area (TPSA) is 78.7 Å². The van der Waals surface area contributed by atoms with Gasteiger partial charge >= 0.3 is 5.97 Å². The van der Waals surface area contributed by atoms with Crippen molar-refractivity contribution in [3.63, 3.8) is 0 Å². The van der Waals surface area contributed by atoms with Crippen LogP contribution in [0.4, 0.5) is 0 Å². The molecule has 0 saturated carbocycles. The van der Waals surface area contributed by atoms with Gasteiger partial charge in [0.2, 0.25) is 0 Å². The molecule has 1 N–H and O–H groups in total. The van der Waals surface area contributed by atoms with E-state index in [1.165, 1.54) is 23.5 Å². The number of carbonyl (C=O) groups excluding carboxylic acids is 1. The van der Waals surface area contributed by atoms with Crippen LogP contribution in [0.15, 0.2) is 12.4 Å². The third-order valence-corrected chi connectivity index (χ3v) is 4.05. The lowest BCUT2D eigenvalue weighted by molar-refractivity contribution is -0.137. The van der Waals surface area contributed by atoms with Gasteiger partial charge in [-0.25, -0.2) is 0 Å². The summed E-state index contributed by atoms with van der Waals surface area (Å²) in [4.78, 5) is 27.3. The zero-order chi connectivity index (χ0) is 14.1. The first-order valence-corrected chi connectivity index (χ1v) is 6.91. The van der Waals surface area contributed by atoms with Gasteiger partial charge in [0.25, 0.3) is 5.91 Å². The second-order valence-corrected chi connectivity index (χ2v) is 5.40. The quantitative estimate of drug-likeness (QED) is 0.834. The molecule has 1 aromatic rings. The van der Waals surface area contributed by atoms with E-state index < -0.39 is 5.97 Å². The fourth-order valence-corrected chi connectivity index (χ4v) is 3.06. The van der Waals surface area contributed by atoms with Crippen molar-refractivity contribution in [2.45, 2.75) is 25.4 Å². The van der Waals surface area contributed by atoms with Gasteiger partial charge in [-0.15, -0.1) is 0 Å². The molecule has 108 valence electrons. The minimum Gasteiger partial charge on any atom is -0.480 e. The van der Waals surface area contributed by atoms with E-state index in [9.17, 15) is 9.59 Å². The first-order chi connectivity index (χ1) is 9.63. The predicted molar refractivity (Wildman–Crippen MR) is 70.4 cm³/mol. The Morgan fingerprint density at radius 1 is 1.35 bits per heavy atom. The Balaban J connectivity index is 1.66. The van der Waals surface area contributed by atoms with E-state index in [1.54, 1.807) is 0 Å². The maximum absolute atomic E-state index is 12.4. The molecule has 7 heteroatoms. The van der Waals surface area contributed by atoms with Crippen LogP contribution in [-0.2, 0) is 11.3 Å². The monoisotopic (exact) mass is 278 g/mol. The van der Waals surface area contributed by atoms with E-state index in [0.29, 0.717) is 11.6 Å². The van der Waals surface area contributed by atoms with Gasteiger partial charge < -0.3 is 10.0 Å². The second-order valence-electron chi connectivity index (χ2n) is 5.40. The van der Waals surface area contributed by atoms with Crippen molar-refractivity contribution in [1.82, 2.24) is 19.6 Å². The lowest BCUT2D eigenvalue weighted by Crippen LogP contribution is -2.52. The van der Waals surface area contributed by atoms with Crippen molar-refractivity contribution in [3.05, 3.63) is 18.0 Å². The Labute approximate surface area is 116 Å². The largest absolute Gasteiger partial charge is 0.480 e. The summed E-state index contributed by atoms with van der Waals surface area (Å²) in [7, 11) is 0. The van der Waals surface area contributed by atoms with E-state index in [1.807, 2.05) is 4.90 Å². The Morgan fingerprint density at radius 3 is 3.00 bits per heavy atom. The highest BCUT2D eigenvalue weighted by Crippen LogP contribution is 2.22. The molecule has 0 aliphatic carbocycles. The normalized spacial score (nSPS) is 22.8. The molecular formula is C13H18N4O3. The number of aliphatic carboxylic acids is 1. The molecule has 2 aliphatic rings. The number of carboxylic acids is 1. The molecule has 20 heavy (non-hydrogen) atoms. The summed E-state index contributed by atoms with van der Waals surface area (Å²) >= 11 is 0. The van der Waals surface area contributed by atoms with Crippen LogP contribution in [0.1, 0.15) is 23.2 Å². The van der Waals surface area contributed by atoms with Crippen LogP contribution >= 0.6 is 0 Å². The molecule has 0 radical (unpaired) electrons. The predicted octanol–water partition coefficient (Wildman–Crippen LogP) is -0.112. The van der Waals surface area contributed by atoms with Crippen LogP contribution < -0.4 is 0 Å². The Kier molecular flexibility index (Phi) is 3.43. The van der Waals surface area contributed by atoms with Gasteiger partial charge in [0.1, 0.15) is 6.54 Å². The zero-order valence-electron chi connectivity index (χ0n) is 11.2. The molecular weight excluding hydrogens is 260 g/mol. The summed E-state index contributed by atoms with van der Waals surface area (Å²) < 4.78 is 1.28. The lowest BCUT2D eigenvalue weighted by atomic mass is 10.1. The number of aromatic nitrogens is 2. The van der Waals surface area contributed by atoms with Crippen molar-refractivity contribution in [3.8, 4) is 0 Å². The minimum atomic E-state index is -0.966. The maximum Gasteiger partial charge on any atom is 0.325 e. The van der Waals surface area contributed by atoms with Crippen molar-refractivity contribution >= 4 is 11.9 Å². The lowest BCUT2D eigenvalue weighted by Gasteiger charge is -2.37. The van der Waals surface area contributed by atoms with E-state index in [4.69, 9.17) is 5.11 Å². The van der Waals surface area contributed by atoms with Gasteiger partial charge in [0.05, 0.1) is 11.8 Å². The van der Waals surface area contributed by atoms with E-state index in [2.05, 4.69) is 10.00 Å². The summed E-state index contributed by atoms with van der Waals surface area (Å²) in [6.07, 6.45) is 5.33. The van der Waals surface area contributed by atoms with Crippen molar-refractivity contribution in [2.24, 2.45) is 0 Å². The first kappa shape index (κ1) is 13.1. The molecule has 7 nitrogen and oxygen atoms in total.